The molecule has 0 heterocycles. The van der Waals surface area contributed by atoms with E-state index < -0.39 is 6.10 Å². The Labute approximate surface area is 168 Å². The summed E-state index contributed by atoms with van der Waals surface area (Å²) < 4.78 is 16.7. The van der Waals surface area contributed by atoms with Gasteiger partial charge in [-0.25, -0.2) is 0 Å². The van der Waals surface area contributed by atoms with Crippen molar-refractivity contribution < 1.29 is 19.3 Å². The van der Waals surface area contributed by atoms with Crippen LogP contribution >= 0.6 is 0 Å². The van der Waals surface area contributed by atoms with Crippen molar-refractivity contribution in [3.63, 3.8) is 0 Å². The Bertz CT molecular complexity index is 631. The number of benzene rings is 2. The van der Waals surface area contributed by atoms with Gasteiger partial charge in [-0.1, -0.05) is 42.5 Å². The van der Waals surface area contributed by atoms with Gasteiger partial charge in [0.1, 0.15) is 18.5 Å². The maximum Gasteiger partial charge on any atom is 0.119 e. The first-order chi connectivity index (χ1) is 13.6. The SMILES string of the molecule is CC(C)OCCOCc1ccc(OCC(O)CNCCc2ccccc2)cc1. The van der Waals surface area contributed by atoms with Crippen molar-refractivity contribution >= 4 is 0 Å². The highest BCUT2D eigenvalue weighted by Crippen LogP contribution is 2.13. The molecule has 2 rings (SSSR count). The van der Waals surface area contributed by atoms with Crippen LogP contribution in [-0.4, -0.2) is 50.2 Å². The van der Waals surface area contributed by atoms with Crippen molar-refractivity contribution in [2.45, 2.75) is 39.1 Å². The molecular weight excluding hydrogens is 354 g/mol. The monoisotopic (exact) mass is 387 g/mol. The number of rotatable bonds is 14. The van der Waals surface area contributed by atoms with E-state index in [1.54, 1.807) is 0 Å². The van der Waals surface area contributed by atoms with Crippen LogP contribution in [0.3, 0.4) is 0 Å². The van der Waals surface area contributed by atoms with E-state index in [0.29, 0.717) is 26.4 Å². The molecule has 1 atom stereocenters. The van der Waals surface area contributed by atoms with Gasteiger partial charge in [-0.2, -0.15) is 0 Å². The normalized spacial score (nSPS) is 12.3. The first kappa shape index (κ1) is 22.4. The Morgan fingerprint density at radius 3 is 2.39 bits per heavy atom. The molecule has 2 N–H and O–H groups in total. The van der Waals surface area contributed by atoms with E-state index >= 15 is 0 Å². The Balaban J connectivity index is 1.55. The van der Waals surface area contributed by atoms with E-state index in [1.807, 2.05) is 56.3 Å². The second-order valence-electron chi connectivity index (χ2n) is 7.02. The number of aliphatic hydroxyl groups is 1. The summed E-state index contributed by atoms with van der Waals surface area (Å²) in [6, 6.07) is 18.1. The molecule has 0 spiro atoms. The summed E-state index contributed by atoms with van der Waals surface area (Å²) in [7, 11) is 0. The van der Waals surface area contributed by atoms with Gasteiger partial charge in [-0.3, -0.25) is 0 Å². The molecule has 0 aliphatic heterocycles. The van der Waals surface area contributed by atoms with E-state index in [1.165, 1.54) is 5.56 Å². The molecule has 0 radical (unpaired) electrons. The minimum absolute atomic E-state index is 0.231. The summed E-state index contributed by atoms with van der Waals surface area (Å²) in [5.74, 6) is 0.746. The van der Waals surface area contributed by atoms with Crippen molar-refractivity contribution in [3.8, 4) is 5.75 Å². The summed E-state index contributed by atoms with van der Waals surface area (Å²) in [5.41, 5.74) is 2.37. The minimum Gasteiger partial charge on any atom is -0.491 e. The molecule has 0 saturated heterocycles. The van der Waals surface area contributed by atoms with Gasteiger partial charge in [0.2, 0.25) is 0 Å². The fraction of sp³-hybridized carbons (Fsp3) is 0.478. The third kappa shape index (κ3) is 9.85. The molecule has 28 heavy (non-hydrogen) atoms. The lowest BCUT2D eigenvalue weighted by Gasteiger charge is -2.14. The van der Waals surface area contributed by atoms with Gasteiger partial charge in [0.25, 0.3) is 0 Å². The number of aliphatic hydroxyl groups excluding tert-OH is 1. The Morgan fingerprint density at radius 1 is 0.929 bits per heavy atom. The second-order valence-corrected chi connectivity index (χ2v) is 7.02. The van der Waals surface area contributed by atoms with Gasteiger partial charge >= 0.3 is 0 Å². The van der Waals surface area contributed by atoms with Crippen molar-refractivity contribution in [2.24, 2.45) is 0 Å². The van der Waals surface area contributed by atoms with Crippen molar-refractivity contribution in [1.82, 2.24) is 5.32 Å². The number of nitrogens with one attached hydrogen (secondary N) is 1. The molecule has 1 unspecified atom stereocenters. The van der Waals surface area contributed by atoms with Crippen LogP contribution in [0.1, 0.15) is 25.0 Å². The molecule has 0 saturated carbocycles. The van der Waals surface area contributed by atoms with Crippen LogP contribution in [0.4, 0.5) is 0 Å². The molecule has 0 aliphatic rings. The Hall–Kier alpha value is -1.92. The van der Waals surface area contributed by atoms with E-state index in [-0.39, 0.29) is 12.7 Å². The van der Waals surface area contributed by atoms with Crippen LogP contribution in [-0.2, 0) is 22.5 Å². The minimum atomic E-state index is -0.542. The zero-order valence-corrected chi connectivity index (χ0v) is 17.0. The van der Waals surface area contributed by atoms with E-state index in [2.05, 4.69) is 17.4 Å². The van der Waals surface area contributed by atoms with E-state index in [4.69, 9.17) is 14.2 Å². The fourth-order valence-electron chi connectivity index (χ4n) is 2.61. The second kappa shape index (κ2) is 13.3. The molecule has 0 amide bonds. The van der Waals surface area contributed by atoms with Crippen LogP contribution in [0.5, 0.6) is 5.75 Å². The zero-order valence-electron chi connectivity index (χ0n) is 17.0. The third-order valence-electron chi connectivity index (χ3n) is 4.13. The number of ether oxygens (including phenoxy) is 3. The topological polar surface area (TPSA) is 60.0 Å². The molecule has 5 heteroatoms. The molecule has 0 fully saturated rings. The predicted octanol–water partition coefficient (Wildman–Crippen LogP) is 3.20. The highest BCUT2D eigenvalue weighted by atomic mass is 16.5. The quantitative estimate of drug-likeness (QED) is 0.488. The van der Waals surface area contributed by atoms with Crippen LogP contribution in [0, 0.1) is 0 Å². The van der Waals surface area contributed by atoms with Crippen LogP contribution in [0.15, 0.2) is 54.6 Å². The van der Waals surface area contributed by atoms with Crippen molar-refractivity contribution in [2.75, 3.05) is 32.9 Å². The Morgan fingerprint density at radius 2 is 1.68 bits per heavy atom. The van der Waals surface area contributed by atoms with E-state index in [0.717, 1.165) is 24.3 Å². The fourth-order valence-corrected chi connectivity index (χ4v) is 2.61. The lowest BCUT2D eigenvalue weighted by Crippen LogP contribution is -2.32. The smallest absolute Gasteiger partial charge is 0.119 e. The summed E-state index contributed by atoms with van der Waals surface area (Å²) >= 11 is 0. The standard InChI is InChI=1S/C23H33NO4/c1-19(2)27-15-14-26-17-21-8-10-23(11-9-21)28-18-22(25)16-24-13-12-20-6-4-3-5-7-20/h3-11,19,22,24-25H,12-18H2,1-2H3. The summed E-state index contributed by atoms with van der Waals surface area (Å²) in [6.45, 7) is 7.37. The molecular formula is C23H33NO4. The number of hydrogen-bond acceptors (Lipinski definition) is 5. The molecule has 2 aromatic carbocycles. The van der Waals surface area contributed by atoms with Gasteiger partial charge in [-0.15, -0.1) is 0 Å². The molecule has 5 nitrogen and oxygen atoms in total. The lowest BCUT2D eigenvalue weighted by atomic mass is 10.1. The average Bonchev–Trinajstić information content (AvgIpc) is 2.71. The summed E-state index contributed by atoms with van der Waals surface area (Å²) in [6.07, 6.45) is 0.635. The third-order valence-corrected chi connectivity index (χ3v) is 4.13. The van der Waals surface area contributed by atoms with Gasteiger partial charge in [0, 0.05) is 6.54 Å². The average molecular weight is 388 g/mol. The van der Waals surface area contributed by atoms with Gasteiger partial charge in [0.15, 0.2) is 0 Å². The lowest BCUT2D eigenvalue weighted by molar-refractivity contribution is 0.0143. The maximum atomic E-state index is 10.0. The first-order valence-electron chi connectivity index (χ1n) is 9.97. The molecule has 0 bridgehead atoms. The van der Waals surface area contributed by atoms with Crippen LogP contribution in [0.25, 0.3) is 0 Å². The zero-order chi connectivity index (χ0) is 20.0. The van der Waals surface area contributed by atoms with Crippen molar-refractivity contribution in [3.05, 3.63) is 65.7 Å². The molecule has 154 valence electrons. The van der Waals surface area contributed by atoms with Gasteiger partial charge < -0.3 is 24.6 Å². The summed E-state index contributed by atoms with van der Waals surface area (Å²) in [4.78, 5) is 0. The molecule has 0 aromatic heterocycles. The predicted molar refractivity (Wildman–Crippen MR) is 112 cm³/mol. The van der Waals surface area contributed by atoms with Crippen LogP contribution < -0.4 is 10.1 Å². The first-order valence-corrected chi connectivity index (χ1v) is 9.97. The highest BCUT2D eigenvalue weighted by molar-refractivity contribution is 5.26. The van der Waals surface area contributed by atoms with Crippen molar-refractivity contribution in [1.29, 1.82) is 0 Å². The highest BCUT2D eigenvalue weighted by Gasteiger charge is 2.05. The van der Waals surface area contributed by atoms with Gasteiger partial charge in [0.05, 0.1) is 25.9 Å². The van der Waals surface area contributed by atoms with E-state index in [9.17, 15) is 5.11 Å². The van der Waals surface area contributed by atoms with Crippen LogP contribution in [0.2, 0.25) is 0 Å². The largest absolute Gasteiger partial charge is 0.491 e. The Kier molecular flexibility index (Phi) is 10.6. The molecule has 0 aliphatic carbocycles. The van der Waals surface area contributed by atoms with Gasteiger partial charge in [-0.05, 0) is 50.1 Å². The molecule has 2 aromatic rings. The number of hydrogen-bond donors (Lipinski definition) is 2. The maximum absolute atomic E-state index is 10.0. The summed E-state index contributed by atoms with van der Waals surface area (Å²) in [5, 5.41) is 13.3.